The summed E-state index contributed by atoms with van der Waals surface area (Å²) in [5.74, 6) is 0. The molecule has 10 heteroatoms. The first-order valence-electron chi connectivity index (χ1n) is 1.10. The molecule has 0 heterocycles. The fourth-order valence-corrected chi connectivity index (χ4v) is 0. The maximum atomic E-state index is 8.25. The molecule has 0 aromatic heterocycles. The SMILES string of the molecule is O=[N+]([O-])[O-].O=[N+]([O-])[O-].[Cu].[Mg+2]. The van der Waals surface area contributed by atoms with Gasteiger partial charge in [-0.1, -0.05) is 0 Å². The summed E-state index contributed by atoms with van der Waals surface area (Å²) < 4.78 is 0. The van der Waals surface area contributed by atoms with Crippen molar-refractivity contribution in [1.82, 2.24) is 0 Å². The molecule has 0 bridgehead atoms. The Morgan fingerprint density at radius 3 is 0.800 bits per heavy atom. The Morgan fingerprint density at radius 2 is 0.800 bits per heavy atom. The third kappa shape index (κ3) is 3480. The standard InChI is InChI=1S/Cu.Mg.2NO3/c;;2*2-1(3)4/q;+2;2*-1. The third-order valence-electron chi connectivity index (χ3n) is 0. The second-order valence-electron chi connectivity index (χ2n) is 0.447. The van der Waals surface area contributed by atoms with Crippen molar-refractivity contribution in [2.45, 2.75) is 0 Å². The Bertz CT molecular complexity index is 73.7. The largest absolute Gasteiger partial charge is 2.00 e. The fourth-order valence-electron chi connectivity index (χ4n) is 0. The minimum Gasteiger partial charge on any atom is -0.356 e. The van der Waals surface area contributed by atoms with Crippen molar-refractivity contribution in [3.63, 3.8) is 0 Å². The van der Waals surface area contributed by atoms with Crippen molar-refractivity contribution < 1.29 is 27.2 Å². The Balaban J connectivity index is -0.0000000300. The van der Waals surface area contributed by atoms with Crippen molar-refractivity contribution in [2.75, 3.05) is 0 Å². The van der Waals surface area contributed by atoms with E-state index in [0.29, 0.717) is 0 Å². The van der Waals surface area contributed by atoms with Crippen molar-refractivity contribution in [2.24, 2.45) is 0 Å². The van der Waals surface area contributed by atoms with Crippen LogP contribution in [-0.4, -0.2) is 33.2 Å². The van der Waals surface area contributed by atoms with Crippen molar-refractivity contribution in [1.29, 1.82) is 0 Å². The Kier molecular flexibility index (Phi) is 35.9. The molecule has 0 atom stereocenters. The molecule has 0 amide bonds. The average molecular weight is 212 g/mol. The smallest absolute Gasteiger partial charge is 0.356 e. The van der Waals surface area contributed by atoms with E-state index in [4.69, 9.17) is 30.6 Å². The summed E-state index contributed by atoms with van der Waals surface area (Å²) in [4.78, 5) is 16.5. The topological polar surface area (TPSA) is 132 Å². The van der Waals surface area contributed by atoms with Crippen LogP contribution in [0.5, 0.6) is 0 Å². The molecule has 8 nitrogen and oxygen atoms in total. The summed E-state index contributed by atoms with van der Waals surface area (Å²) in [6.07, 6.45) is 0. The van der Waals surface area contributed by atoms with Crippen molar-refractivity contribution in [3.8, 4) is 0 Å². The van der Waals surface area contributed by atoms with Gasteiger partial charge in [0.1, 0.15) is 0 Å². The predicted octanol–water partition coefficient (Wildman–Crippen LogP) is -0.862. The van der Waals surface area contributed by atoms with Crippen LogP contribution in [0.4, 0.5) is 0 Å². The van der Waals surface area contributed by atoms with Crippen LogP contribution >= 0.6 is 0 Å². The molecule has 0 rings (SSSR count). The van der Waals surface area contributed by atoms with Crippen LogP contribution in [0, 0.1) is 30.6 Å². The van der Waals surface area contributed by atoms with Gasteiger partial charge in [-0.3, -0.25) is 0 Å². The fraction of sp³-hybridized carbons (Fsp3) is 0. The molecule has 0 fully saturated rings. The predicted molar refractivity (Wildman–Crippen MR) is 26.5 cm³/mol. The summed E-state index contributed by atoms with van der Waals surface area (Å²) in [5.41, 5.74) is 0. The zero-order chi connectivity index (χ0) is 7.15. The van der Waals surface area contributed by atoms with Gasteiger partial charge in [-0.15, -0.1) is 0 Å². The number of hydrogen-bond acceptors (Lipinski definition) is 6. The molecular weight excluding hydrogens is 212 g/mol. The second kappa shape index (κ2) is 15.9. The monoisotopic (exact) mass is 211 g/mol. The van der Waals surface area contributed by atoms with E-state index in [-0.39, 0.29) is 40.1 Å². The summed E-state index contributed by atoms with van der Waals surface area (Å²) in [6.45, 7) is 0. The van der Waals surface area contributed by atoms with Gasteiger partial charge in [-0.25, -0.2) is 0 Å². The molecule has 0 saturated carbocycles. The Labute approximate surface area is 81.0 Å². The molecule has 0 spiro atoms. The van der Waals surface area contributed by atoms with Gasteiger partial charge in [0.05, 0.1) is 10.2 Å². The molecule has 0 aliphatic rings. The maximum Gasteiger partial charge on any atom is 2.00 e. The third-order valence-corrected chi connectivity index (χ3v) is 0. The first-order valence-corrected chi connectivity index (χ1v) is 1.10. The van der Waals surface area contributed by atoms with Gasteiger partial charge < -0.3 is 30.6 Å². The molecule has 0 saturated heterocycles. The van der Waals surface area contributed by atoms with Gasteiger partial charge in [-0.2, -0.15) is 0 Å². The van der Waals surface area contributed by atoms with Crippen LogP contribution in [0.15, 0.2) is 0 Å². The summed E-state index contributed by atoms with van der Waals surface area (Å²) in [5, 5.41) is 29.5. The molecular formula is CuMgN2O6. The van der Waals surface area contributed by atoms with Crippen LogP contribution < -0.4 is 0 Å². The van der Waals surface area contributed by atoms with Crippen LogP contribution in [0.1, 0.15) is 0 Å². The van der Waals surface area contributed by atoms with E-state index in [1.165, 1.54) is 0 Å². The number of hydrogen-bond donors (Lipinski definition) is 0. The van der Waals surface area contributed by atoms with Crippen molar-refractivity contribution in [3.05, 3.63) is 30.6 Å². The van der Waals surface area contributed by atoms with E-state index < -0.39 is 10.2 Å². The number of nitrogens with zero attached hydrogens (tertiary/aromatic N) is 2. The van der Waals surface area contributed by atoms with E-state index in [1.807, 2.05) is 0 Å². The molecule has 0 aliphatic carbocycles. The zero-order valence-electron chi connectivity index (χ0n) is 4.35. The molecule has 1 radical (unpaired) electrons. The molecule has 59 valence electrons. The Morgan fingerprint density at radius 1 is 0.800 bits per heavy atom. The quantitative estimate of drug-likeness (QED) is 0.291. The van der Waals surface area contributed by atoms with E-state index in [1.54, 1.807) is 0 Å². The Hall–Kier alpha value is -0.314. The summed E-state index contributed by atoms with van der Waals surface area (Å²) in [7, 11) is 0. The second-order valence-corrected chi connectivity index (χ2v) is 0.447. The zero-order valence-corrected chi connectivity index (χ0v) is 6.71. The average Bonchev–Trinajstić information content (AvgIpc) is 1.25. The normalized spacial score (nSPS) is 4.80. The molecule has 0 aromatic carbocycles. The van der Waals surface area contributed by atoms with Gasteiger partial charge in [0.15, 0.2) is 0 Å². The van der Waals surface area contributed by atoms with E-state index in [2.05, 4.69) is 0 Å². The first kappa shape index (κ1) is 22.6. The molecule has 0 N–H and O–H groups in total. The molecule has 10 heavy (non-hydrogen) atoms. The molecule has 0 aliphatic heterocycles. The van der Waals surface area contributed by atoms with Crippen LogP contribution in [0.25, 0.3) is 0 Å². The van der Waals surface area contributed by atoms with Gasteiger partial charge >= 0.3 is 23.1 Å². The minimum atomic E-state index is -1.75. The van der Waals surface area contributed by atoms with Crippen LogP contribution in [-0.2, 0) is 17.1 Å². The van der Waals surface area contributed by atoms with Gasteiger partial charge in [0.2, 0.25) is 0 Å². The van der Waals surface area contributed by atoms with Gasteiger partial charge in [0.25, 0.3) is 0 Å². The summed E-state index contributed by atoms with van der Waals surface area (Å²) in [6, 6.07) is 0. The first-order chi connectivity index (χ1) is 3.46. The van der Waals surface area contributed by atoms with Gasteiger partial charge in [-0.05, 0) is 0 Å². The van der Waals surface area contributed by atoms with E-state index in [0.717, 1.165) is 0 Å². The van der Waals surface area contributed by atoms with Crippen molar-refractivity contribution >= 4 is 23.1 Å². The molecule has 0 unspecified atom stereocenters. The van der Waals surface area contributed by atoms with E-state index >= 15 is 0 Å². The van der Waals surface area contributed by atoms with Crippen LogP contribution in [0.3, 0.4) is 0 Å². The van der Waals surface area contributed by atoms with Gasteiger partial charge in [0, 0.05) is 17.1 Å². The molecule has 0 aromatic rings. The summed E-state index contributed by atoms with van der Waals surface area (Å²) >= 11 is 0. The van der Waals surface area contributed by atoms with Crippen LogP contribution in [0.2, 0.25) is 0 Å². The number of rotatable bonds is 0. The van der Waals surface area contributed by atoms with E-state index in [9.17, 15) is 0 Å². The maximum absolute atomic E-state index is 8.25. The minimum absolute atomic E-state index is 0.